The number of aromatic hydroxyl groups is 2. The predicted molar refractivity (Wildman–Crippen MR) is 89.3 cm³/mol. The molecule has 3 aromatic rings. The van der Waals surface area contributed by atoms with Crippen LogP contribution >= 0.6 is 11.3 Å². The van der Waals surface area contributed by atoms with Crippen LogP contribution in [-0.2, 0) is 0 Å². The summed E-state index contributed by atoms with van der Waals surface area (Å²) >= 11 is 1.58. The van der Waals surface area contributed by atoms with E-state index in [1.54, 1.807) is 17.4 Å². The Morgan fingerprint density at radius 3 is 2.70 bits per heavy atom. The van der Waals surface area contributed by atoms with Gasteiger partial charge in [0.05, 0.1) is 5.56 Å². The first-order chi connectivity index (χ1) is 11.1. The first kappa shape index (κ1) is 13.8. The van der Waals surface area contributed by atoms with Crippen LogP contribution in [0, 0.1) is 6.92 Å². The Kier molecular flexibility index (Phi) is 2.92. The van der Waals surface area contributed by atoms with E-state index in [2.05, 4.69) is 0 Å². The van der Waals surface area contributed by atoms with Crippen LogP contribution in [0.25, 0.3) is 16.2 Å². The third-order valence-corrected chi connectivity index (χ3v) is 5.15. The zero-order valence-electron chi connectivity index (χ0n) is 12.2. The van der Waals surface area contributed by atoms with Gasteiger partial charge in [-0.05, 0) is 36.1 Å². The zero-order valence-corrected chi connectivity index (χ0v) is 13.0. The molecular weight excluding hydrogens is 312 g/mol. The number of phenols is 2. The van der Waals surface area contributed by atoms with Crippen molar-refractivity contribution in [2.75, 3.05) is 0 Å². The van der Waals surface area contributed by atoms with Crippen molar-refractivity contribution in [1.29, 1.82) is 0 Å². The lowest BCUT2D eigenvalue weighted by Crippen LogP contribution is -1.97. The number of rotatable bonds is 1. The van der Waals surface area contributed by atoms with E-state index in [4.69, 9.17) is 4.74 Å². The number of carbonyl (C=O) groups is 1. The molecule has 0 radical (unpaired) electrons. The SMILES string of the molecule is Cc1c(C=C2Oc3c(ccc(O)c3O)C2=O)sc2ccccc12. The predicted octanol–water partition coefficient (Wildman–Crippen LogP) is 4.24. The molecule has 0 amide bonds. The third-order valence-electron chi connectivity index (χ3n) is 3.93. The number of hydrogen-bond donors (Lipinski definition) is 2. The standard InChI is InChI=1S/C18H12O4S/c1-9-10-4-2-3-5-14(10)23-15(9)8-13-16(20)11-6-7-12(19)17(21)18(11)22-13/h2-8,19,21H,1H3. The van der Waals surface area contributed by atoms with Gasteiger partial charge in [0.1, 0.15) is 0 Å². The highest BCUT2D eigenvalue weighted by Gasteiger charge is 2.31. The van der Waals surface area contributed by atoms with E-state index in [1.807, 2.05) is 31.2 Å². The minimum atomic E-state index is -0.410. The number of phenolic OH excluding ortho intramolecular Hbond substituents is 2. The molecular formula is C18H12O4S. The van der Waals surface area contributed by atoms with Crippen LogP contribution in [0.3, 0.4) is 0 Å². The highest BCUT2D eigenvalue weighted by molar-refractivity contribution is 7.20. The van der Waals surface area contributed by atoms with Crippen LogP contribution in [-0.4, -0.2) is 16.0 Å². The van der Waals surface area contributed by atoms with Crippen LogP contribution in [0.1, 0.15) is 20.8 Å². The second-order valence-corrected chi connectivity index (χ2v) is 6.42. The Bertz CT molecular complexity index is 998. The number of fused-ring (bicyclic) bond motifs is 2. The van der Waals surface area contributed by atoms with E-state index in [-0.39, 0.29) is 28.6 Å². The van der Waals surface area contributed by atoms with Crippen molar-refractivity contribution in [1.82, 2.24) is 0 Å². The van der Waals surface area contributed by atoms with Crippen LogP contribution in [0.4, 0.5) is 0 Å². The molecule has 0 unspecified atom stereocenters. The molecule has 4 rings (SSSR count). The molecule has 114 valence electrons. The number of Topliss-reactive ketones (excluding diaryl/α,β-unsaturated/α-hetero) is 1. The largest absolute Gasteiger partial charge is 0.504 e. The van der Waals surface area contributed by atoms with E-state index < -0.39 is 5.75 Å². The summed E-state index contributed by atoms with van der Waals surface area (Å²) in [7, 11) is 0. The molecule has 0 saturated carbocycles. The average Bonchev–Trinajstić information content (AvgIpc) is 3.03. The van der Waals surface area contributed by atoms with Gasteiger partial charge in [-0.15, -0.1) is 11.3 Å². The van der Waals surface area contributed by atoms with E-state index in [0.29, 0.717) is 0 Å². The molecule has 0 atom stereocenters. The maximum atomic E-state index is 12.4. The molecule has 2 aromatic carbocycles. The lowest BCUT2D eigenvalue weighted by molar-refractivity contribution is 0.101. The third kappa shape index (κ3) is 2.01. The van der Waals surface area contributed by atoms with Crippen molar-refractivity contribution in [3.8, 4) is 17.2 Å². The number of ether oxygens (including phenoxy) is 1. The Morgan fingerprint density at radius 2 is 1.91 bits per heavy atom. The monoisotopic (exact) mass is 324 g/mol. The summed E-state index contributed by atoms with van der Waals surface area (Å²) in [6, 6.07) is 10.8. The Balaban J connectivity index is 1.82. The summed E-state index contributed by atoms with van der Waals surface area (Å²) < 4.78 is 6.63. The van der Waals surface area contributed by atoms with Gasteiger partial charge in [-0.1, -0.05) is 18.2 Å². The van der Waals surface area contributed by atoms with Crippen molar-refractivity contribution >= 4 is 33.3 Å². The molecule has 5 heteroatoms. The molecule has 1 aromatic heterocycles. The molecule has 1 aliphatic rings. The maximum Gasteiger partial charge on any atom is 0.232 e. The molecule has 2 heterocycles. The molecule has 0 fully saturated rings. The number of thiophene rings is 1. The fraction of sp³-hybridized carbons (Fsp3) is 0.0556. The minimum Gasteiger partial charge on any atom is -0.504 e. The van der Waals surface area contributed by atoms with Gasteiger partial charge < -0.3 is 14.9 Å². The van der Waals surface area contributed by atoms with Crippen molar-refractivity contribution in [3.05, 3.63) is 58.2 Å². The number of hydrogen-bond acceptors (Lipinski definition) is 5. The summed E-state index contributed by atoms with van der Waals surface area (Å²) in [6.45, 7) is 2.00. The van der Waals surface area contributed by atoms with Crippen molar-refractivity contribution in [2.24, 2.45) is 0 Å². The molecule has 0 saturated heterocycles. The van der Waals surface area contributed by atoms with Crippen molar-refractivity contribution < 1.29 is 19.7 Å². The van der Waals surface area contributed by atoms with Gasteiger partial charge in [-0.3, -0.25) is 4.79 Å². The van der Waals surface area contributed by atoms with Crippen LogP contribution < -0.4 is 4.74 Å². The highest BCUT2D eigenvalue weighted by atomic mass is 32.1. The van der Waals surface area contributed by atoms with Gasteiger partial charge in [0.2, 0.25) is 11.5 Å². The quantitative estimate of drug-likeness (QED) is 0.519. The average molecular weight is 324 g/mol. The Hall–Kier alpha value is -2.79. The second kappa shape index (κ2) is 4.86. The summed E-state index contributed by atoms with van der Waals surface area (Å²) in [6.07, 6.45) is 1.69. The summed E-state index contributed by atoms with van der Waals surface area (Å²) in [4.78, 5) is 13.3. The Morgan fingerprint density at radius 1 is 1.13 bits per heavy atom. The molecule has 23 heavy (non-hydrogen) atoms. The smallest absolute Gasteiger partial charge is 0.232 e. The van der Waals surface area contributed by atoms with Crippen LogP contribution in [0.15, 0.2) is 42.2 Å². The van der Waals surface area contributed by atoms with Gasteiger partial charge in [0.25, 0.3) is 0 Å². The van der Waals surface area contributed by atoms with E-state index in [9.17, 15) is 15.0 Å². The summed E-state index contributed by atoms with van der Waals surface area (Å²) in [5, 5.41) is 20.5. The van der Waals surface area contributed by atoms with E-state index in [1.165, 1.54) is 12.1 Å². The zero-order chi connectivity index (χ0) is 16.1. The fourth-order valence-electron chi connectivity index (χ4n) is 2.68. The van der Waals surface area contributed by atoms with E-state index in [0.717, 1.165) is 20.5 Å². The van der Waals surface area contributed by atoms with Gasteiger partial charge in [0, 0.05) is 15.7 Å². The molecule has 0 aliphatic carbocycles. The van der Waals surface area contributed by atoms with Gasteiger partial charge in [0.15, 0.2) is 17.3 Å². The second-order valence-electron chi connectivity index (χ2n) is 5.34. The maximum absolute atomic E-state index is 12.4. The number of benzene rings is 2. The normalized spacial score (nSPS) is 15.2. The first-order valence-electron chi connectivity index (χ1n) is 7.03. The topological polar surface area (TPSA) is 66.8 Å². The van der Waals surface area contributed by atoms with Gasteiger partial charge >= 0.3 is 0 Å². The van der Waals surface area contributed by atoms with Gasteiger partial charge in [-0.2, -0.15) is 0 Å². The van der Waals surface area contributed by atoms with Gasteiger partial charge in [-0.25, -0.2) is 0 Å². The summed E-state index contributed by atoms with van der Waals surface area (Å²) in [5.74, 6) is -0.856. The number of aryl methyl sites for hydroxylation is 1. The number of allylic oxidation sites excluding steroid dienone is 1. The fourth-order valence-corrected chi connectivity index (χ4v) is 3.82. The summed E-state index contributed by atoms with van der Waals surface area (Å²) in [5.41, 5.74) is 1.34. The minimum absolute atomic E-state index is 0.0139. The molecule has 2 N–H and O–H groups in total. The first-order valence-corrected chi connectivity index (χ1v) is 7.85. The van der Waals surface area contributed by atoms with Crippen LogP contribution in [0.5, 0.6) is 17.2 Å². The molecule has 0 spiro atoms. The lowest BCUT2D eigenvalue weighted by atomic mass is 10.1. The van der Waals surface area contributed by atoms with Crippen molar-refractivity contribution in [3.63, 3.8) is 0 Å². The van der Waals surface area contributed by atoms with Crippen LogP contribution in [0.2, 0.25) is 0 Å². The molecule has 0 bridgehead atoms. The molecule has 1 aliphatic heterocycles. The lowest BCUT2D eigenvalue weighted by Gasteiger charge is -2.02. The van der Waals surface area contributed by atoms with E-state index >= 15 is 0 Å². The number of carbonyl (C=O) groups excluding carboxylic acids is 1. The highest BCUT2D eigenvalue weighted by Crippen LogP contribution is 2.44. The van der Waals surface area contributed by atoms with Crippen molar-refractivity contribution in [2.45, 2.75) is 6.92 Å². The Labute approximate surface area is 135 Å². The molecule has 4 nitrogen and oxygen atoms in total. The number of ketones is 1.